The number of carbonyl (C=O) groups excluding carboxylic acids is 1. The smallest absolute Gasteiger partial charge is 0.286 e. The summed E-state index contributed by atoms with van der Waals surface area (Å²) in [7, 11) is 0. The van der Waals surface area contributed by atoms with Crippen LogP contribution in [0.5, 0.6) is 5.75 Å². The highest BCUT2D eigenvalue weighted by Crippen LogP contribution is 2.16. The highest BCUT2D eigenvalue weighted by molar-refractivity contribution is 5.91. The van der Waals surface area contributed by atoms with Gasteiger partial charge < -0.3 is 14.5 Å². The van der Waals surface area contributed by atoms with E-state index in [4.69, 9.17) is 9.15 Å². The molecule has 130 valence electrons. The van der Waals surface area contributed by atoms with Crippen LogP contribution in [0.2, 0.25) is 0 Å². The van der Waals surface area contributed by atoms with Gasteiger partial charge in [0, 0.05) is 6.54 Å². The number of furan rings is 1. The van der Waals surface area contributed by atoms with Gasteiger partial charge in [0.1, 0.15) is 18.1 Å². The van der Waals surface area contributed by atoms with Gasteiger partial charge in [0.15, 0.2) is 5.76 Å². The fraction of sp³-hybridized carbons (Fsp3) is 0.450. The van der Waals surface area contributed by atoms with Crippen LogP contribution < -0.4 is 10.1 Å². The first-order valence-electron chi connectivity index (χ1n) is 8.81. The van der Waals surface area contributed by atoms with E-state index in [0.717, 1.165) is 25.0 Å². The van der Waals surface area contributed by atoms with Gasteiger partial charge in [-0.25, -0.2) is 0 Å². The summed E-state index contributed by atoms with van der Waals surface area (Å²) in [6, 6.07) is 11.5. The third-order valence-electron chi connectivity index (χ3n) is 3.91. The minimum Gasteiger partial charge on any atom is -0.486 e. The molecule has 0 aliphatic rings. The van der Waals surface area contributed by atoms with Gasteiger partial charge in [-0.15, -0.1) is 0 Å². The van der Waals surface area contributed by atoms with E-state index >= 15 is 0 Å². The molecule has 0 bridgehead atoms. The average molecular weight is 329 g/mol. The fourth-order valence-electron chi connectivity index (χ4n) is 2.39. The van der Waals surface area contributed by atoms with Crippen molar-refractivity contribution in [1.29, 1.82) is 0 Å². The summed E-state index contributed by atoms with van der Waals surface area (Å²) in [6.07, 6.45) is 5.55. The highest BCUT2D eigenvalue weighted by atomic mass is 16.5. The van der Waals surface area contributed by atoms with E-state index in [1.807, 2.05) is 12.1 Å². The number of nitrogens with one attached hydrogen (secondary N) is 1. The van der Waals surface area contributed by atoms with E-state index < -0.39 is 0 Å². The average Bonchev–Trinajstić information content (AvgIpc) is 3.09. The Morgan fingerprint density at radius 2 is 1.83 bits per heavy atom. The van der Waals surface area contributed by atoms with Crippen molar-refractivity contribution in [2.45, 2.75) is 52.6 Å². The van der Waals surface area contributed by atoms with Crippen molar-refractivity contribution in [2.24, 2.45) is 0 Å². The molecule has 1 heterocycles. The molecule has 2 rings (SSSR count). The standard InChI is InChI=1S/C20H27NO3/c1-3-5-6-7-14-21-20(22)19-13-12-18(24-19)15-23-17-10-8-16(4-2)9-11-17/h8-13H,3-7,14-15H2,1-2H3,(H,21,22). The summed E-state index contributed by atoms with van der Waals surface area (Å²) in [5.41, 5.74) is 1.28. The summed E-state index contributed by atoms with van der Waals surface area (Å²) in [6.45, 7) is 5.29. The van der Waals surface area contributed by atoms with Gasteiger partial charge in [0.2, 0.25) is 0 Å². The first-order chi connectivity index (χ1) is 11.7. The lowest BCUT2D eigenvalue weighted by molar-refractivity contribution is 0.0921. The van der Waals surface area contributed by atoms with Crippen LogP contribution in [0.25, 0.3) is 0 Å². The summed E-state index contributed by atoms with van der Waals surface area (Å²) in [5, 5.41) is 2.88. The quantitative estimate of drug-likeness (QED) is 0.641. The number of benzene rings is 1. The monoisotopic (exact) mass is 329 g/mol. The number of rotatable bonds is 10. The molecule has 4 heteroatoms. The van der Waals surface area contributed by atoms with Gasteiger partial charge in [-0.3, -0.25) is 4.79 Å². The molecule has 0 fully saturated rings. The third-order valence-corrected chi connectivity index (χ3v) is 3.91. The van der Waals surface area contributed by atoms with Crippen molar-refractivity contribution < 1.29 is 13.9 Å². The molecule has 0 aliphatic heterocycles. The van der Waals surface area contributed by atoms with Gasteiger partial charge >= 0.3 is 0 Å². The van der Waals surface area contributed by atoms with Crippen LogP contribution in [0.15, 0.2) is 40.8 Å². The van der Waals surface area contributed by atoms with Crippen molar-refractivity contribution >= 4 is 5.91 Å². The predicted octanol–water partition coefficient (Wildman–Crippen LogP) is 4.73. The molecule has 0 radical (unpaired) electrons. The Labute approximate surface area is 144 Å². The SMILES string of the molecule is CCCCCCNC(=O)c1ccc(COc2ccc(CC)cc2)o1. The van der Waals surface area contributed by atoms with E-state index in [1.165, 1.54) is 18.4 Å². The van der Waals surface area contributed by atoms with E-state index in [1.54, 1.807) is 12.1 Å². The zero-order valence-corrected chi connectivity index (χ0v) is 14.6. The minimum atomic E-state index is -0.162. The molecular formula is C20H27NO3. The summed E-state index contributed by atoms with van der Waals surface area (Å²) >= 11 is 0. The van der Waals surface area contributed by atoms with Crippen molar-refractivity contribution in [1.82, 2.24) is 5.32 Å². The van der Waals surface area contributed by atoms with Gasteiger partial charge in [-0.1, -0.05) is 45.2 Å². The lowest BCUT2D eigenvalue weighted by atomic mass is 10.2. The number of hydrogen-bond donors (Lipinski definition) is 1. The molecule has 0 unspecified atom stereocenters. The maximum atomic E-state index is 12.0. The largest absolute Gasteiger partial charge is 0.486 e. The van der Waals surface area contributed by atoms with Crippen molar-refractivity contribution in [3.63, 3.8) is 0 Å². The molecule has 0 aliphatic carbocycles. The summed E-state index contributed by atoms with van der Waals surface area (Å²) in [5.74, 6) is 1.62. The lowest BCUT2D eigenvalue weighted by Crippen LogP contribution is -2.23. The van der Waals surface area contributed by atoms with Gasteiger partial charge in [0.25, 0.3) is 5.91 Å². The molecular weight excluding hydrogens is 302 g/mol. The molecule has 0 saturated heterocycles. The van der Waals surface area contributed by atoms with Crippen molar-refractivity contribution in [3.05, 3.63) is 53.5 Å². The zero-order chi connectivity index (χ0) is 17.2. The molecule has 4 nitrogen and oxygen atoms in total. The highest BCUT2D eigenvalue weighted by Gasteiger charge is 2.10. The Bertz CT molecular complexity index is 616. The van der Waals surface area contributed by atoms with Crippen molar-refractivity contribution in [3.8, 4) is 5.75 Å². The maximum Gasteiger partial charge on any atom is 0.286 e. The molecule has 2 aromatic rings. The maximum absolute atomic E-state index is 12.0. The molecule has 0 saturated carbocycles. The van der Waals surface area contributed by atoms with E-state index in [-0.39, 0.29) is 5.91 Å². The Hall–Kier alpha value is -2.23. The van der Waals surface area contributed by atoms with Gasteiger partial charge in [-0.2, -0.15) is 0 Å². The van der Waals surface area contributed by atoms with Gasteiger partial charge in [0.05, 0.1) is 0 Å². The second kappa shape index (κ2) is 9.81. The van der Waals surface area contributed by atoms with Crippen LogP contribution in [0, 0.1) is 0 Å². The normalized spacial score (nSPS) is 10.6. The second-order valence-corrected chi connectivity index (χ2v) is 5.87. The molecule has 1 aromatic carbocycles. The molecule has 0 spiro atoms. The van der Waals surface area contributed by atoms with Crippen LogP contribution in [-0.2, 0) is 13.0 Å². The molecule has 0 atom stereocenters. The number of amides is 1. The Balaban J connectivity index is 1.76. The first kappa shape index (κ1) is 18.1. The van der Waals surface area contributed by atoms with Crippen LogP contribution in [0.1, 0.15) is 61.4 Å². The summed E-state index contributed by atoms with van der Waals surface area (Å²) < 4.78 is 11.2. The number of ether oxygens (including phenoxy) is 1. The molecule has 24 heavy (non-hydrogen) atoms. The lowest BCUT2D eigenvalue weighted by Gasteiger charge is -2.05. The third kappa shape index (κ3) is 5.76. The minimum absolute atomic E-state index is 0.162. The van der Waals surface area contributed by atoms with Crippen LogP contribution in [0.3, 0.4) is 0 Å². The summed E-state index contributed by atoms with van der Waals surface area (Å²) in [4.78, 5) is 12.0. The number of carbonyl (C=O) groups is 1. The fourth-order valence-corrected chi connectivity index (χ4v) is 2.39. The zero-order valence-electron chi connectivity index (χ0n) is 14.6. The van der Waals surface area contributed by atoms with E-state index in [0.29, 0.717) is 24.7 Å². The van der Waals surface area contributed by atoms with Crippen LogP contribution in [0.4, 0.5) is 0 Å². The predicted molar refractivity (Wildman–Crippen MR) is 95.3 cm³/mol. The number of aryl methyl sites for hydroxylation is 1. The van der Waals surface area contributed by atoms with Crippen LogP contribution in [-0.4, -0.2) is 12.5 Å². The molecule has 1 amide bonds. The van der Waals surface area contributed by atoms with Crippen LogP contribution >= 0.6 is 0 Å². The second-order valence-electron chi connectivity index (χ2n) is 5.87. The Morgan fingerprint density at radius 1 is 1.04 bits per heavy atom. The Morgan fingerprint density at radius 3 is 2.54 bits per heavy atom. The Kier molecular flexibility index (Phi) is 7.40. The first-order valence-corrected chi connectivity index (χ1v) is 8.81. The molecule has 1 aromatic heterocycles. The number of hydrogen-bond acceptors (Lipinski definition) is 3. The van der Waals surface area contributed by atoms with Gasteiger partial charge in [-0.05, 0) is 42.7 Å². The molecule has 1 N–H and O–H groups in total. The topological polar surface area (TPSA) is 51.5 Å². The van der Waals surface area contributed by atoms with Crippen molar-refractivity contribution in [2.75, 3.05) is 6.54 Å². The van der Waals surface area contributed by atoms with E-state index in [2.05, 4.69) is 31.3 Å². The van der Waals surface area contributed by atoms with E-state index in [9.17, 15) is 4.79 Å². The number of unbranched alkanes of at least 4 members (excludes halogenated alkanes) is 3.